The minimum absolute atomic E-state index is 0.199. The lowest BCUT2D eigenvalue weighted by atomic mass is 10.1. The highest BCUT2D eigenvalue weighted by molar-refractivity contribution is 5.91. The summed E-state index contributed by atoms with van der Waals surface area (Å²) in [5.41, 5.74) is 3.06. The van der Waals surface area contributed by atoms with Crippen LogP contribution in [-0.4, -0.2) is 13.1 Å². The van der Waals surface area contributed by atoms with E-state index in [-0.39, 0.29) is 5.97 Å². The second-order valence-corrected chi connectivity index (χ2v) is 2.82. The van der Waals surface area contributed by atoms with E-state index in [0.717, 1.165) is 17.6 Å². The number of carbonyl (C=O) groups excluding carboxylic acids is 1. The maximum absolute atomic E-state index is 11.1. The van der Waals surface area contributed by atoms with Gasteiger partial charge in [0.2, 0.25) is 0 Å². The van der Waals surface area contributed by atoms with E-state index in [2.05, 4.69) is 4.74 Å². The molecule has 0 atom stereocenters. The molecule has 1 rings (SSSR count). The molecule has 1 aliphatic rings. The van der Waals surface area contributed by atoms with Gasteiger partial charge in [0, 0.05) is 12.0 Å². The second kappa shape index (κ2) is 2.91. The zero-order valence-electron chi connectivity index (χ0n) is 7.10. The number of allylic oxidation sites excluding steroid dienone is 3. The maximum atomic E-state index is 11.1. The van der Waals surface area contributed by atoms with Gasteiger partial charge in [-0.05, 0) is 19.4 Å². The van der Waals surface area contributed by atoms with Gasteiger partial charge < -0.3 is 4.74 Å². The third-order valence-corrected chi connectivity index (χ3v) is 1.83. The van der Waals surface area contributed by atoms with Crippen LogP contribution in [-0.2, 0) is 9.53 Å². The van der Waals surface area contributed by atoms with Crippen molar-refractivity contribution in [3.8, 4) is 0 Å². The molecule has 0 unspecified atom stereocenters. The maximum Gasteiger partial charge on any atom is 0.334 e. The zero-order chi connectivity index (χ0) is 8.43. The summed E-state index contributed by atoms with van der Waals surface area (Å²) in [6, 6.07) is 0. The molecule has 0 amide bonds. The minimum atomic E-state index is -0.199. The van der Waals surface area contributed by atoms with Crippen LogP contribution >= 0.6 is 0 Å². The van der Waals surface area contributed by atoms with Crippen LogP contribution in [0.1, 0.15) is 20.3 Å². The van der Waals surface area contributed by atoms with Crippen molar-refractivity contribution in [2.45, 2.75) is 20.3 Å². The van der Waals surface area contributed by atoms with Gasteiger partial charge in [0.1, 0.15) is 0 Å². The van der Waals surface area contributed by atoms with Crippen LogP contribution in [0.4, 0.5) is 0 Å². The molecule has 0 aromatic heterocycles. The summed E-state index contributed by atoms with van der Waals surface area (Å²) in [4.78, 5) is 11.1. The average Bonchev–Trinajstić information content (AvgIpc) is 2.28. The van der Waals surface area contributed by atoms with Crippen molar-refractivity contribution < 1.29 is 9.53 Å². The number of hydrogen-bond donors (Lipinski definition) is 0. The Balaban J connectivity index is 2.79. The lowest BCUT2D eigenvalue weighted by Gasteiger charge is -2.00. The molecular weight excluding hydrogens is 140 g/mol. The standard InChI is InChI=1S/C9H12O2/c1-6-4-7(2)8(5-6)9(10)11-3/h4H,5H2,1-3H3. The van der Waals surface area contributed by atoms with Gasteiger partial charge in [-0.2, -0.15) is 0 Å². The van der Waals surface area contributed by atoms with E-state index in [0.29, 0.717) is 0 Å². The molecular formula is C9H12O2. The van der Waals surface area contributed by atoms with Gasteiger partial charge in [0.05, 0.1) is 7.11 Å². The number of rotatable bonds is 1. The third-order valence-electron chi connectivity index (χ3n) is 1.83. The lowest BCUT2D eigenvalue weighted by Crippen LogP contribution is -2.04. The van der Waals surface area contributed by atoms with Gasteiger partial charge in [0.25, 0.3) is 0 Å². The molecule has 0 aliphatic heterocycles. The summed E-state index contributed by atoms with van der Waals surface area (Å²) >= 11 is 0. The number of carbonyl (C=O) groups is 1. The quantitative estimate of drug-likeness (QED) is 0.536. The van der Waals surface area contributed by atoms with Crippen LogP contribution in [0.2, 0.25) is 0 Å². The number of hydrogen-bond acceptors (Lipinski definition) is 2. The Morgan fingerprint density at radius 3 is 2.55 bits per heavy atom. The minimum Gasteiger partial charge on any atom is -0.466 e. The van der Waals surface area contributed by atoms with Crippen LogP contribution < -0.4 is 0 Å². The second-order valence-electron chi connectivity index (χ2n) is 2.82. The van der Waals surface area contributed by atoms with E-state index >= 15 is 0 Å². The highest BCUT2D eigenvalue weighted by Gasteiger charge is 2.17. The van der Waals surface area contributed by atoms with Gasteiger partial charge >= 0.3 is 5.97 Å². The molecule has 1 aliphatic carbocycles. The van der Waals surface area contributed by atoms with Crippen molar-refractivity contribution in [3.05, 3.63) is 22.8 Å². The van der Waals surface area contributed by atoms with Crippen molar-refractivity contribution >= 4 is 5.97 Å². The summed E-state index contributed by atoms with van der Waals surface area (Å²) in [7, 11) is 1.41. The molecule has 11 heavy (non-hydrogen) atoms. The predicted octanol–water partition coefficient (Wildman–Crippen LogP) is 1.83. The summed E-state index contributed by atoms with van der Waals surface area (Å²) in [6.45, 7) is 3.95. The largest absolute Gasteiger partial charge is 0.466 e. The van der Waals surface area contributed by atoms with E-state index in [1.807, 2.05) is 19.9 Å². The number of ether oxygens (including phenoxy) is 1. The molecule has 0 bridgehead atoms. The van der Waals surface area contributed by atoms with E-state index in [1.54, 1.807) is 0 Å². The molecule has 0 fully saturated rings. The van der Waals surface area contributed by atoms with Crippen LogP contribution in [0.5, 0.6) is 0 Å². The van der Waals surface area contributed by atoms with Gasteiger partial charge in [0.15, 0.2) is 0 Å². The predicted molar refractivity (Wildman–Crippen MR) is 43.1 cm³/mol. The fraction of sp³-hybridized carbons (Fsp3) is 0.444. The zero-order valence-corrected chi connectivity index (χ0v) is 7.10. The molecule has 0 spiro atoms. The molecule has 0 saturated carbocycles. The molecule has 60 valence electrons. The number of esters is 1. The SMILES string of the molecule is COC(=O)C1=C(C)C=C(C)C1. The van der Waals surface area contributed by atoms with Crippen molar-refractivity contribution in [2.24, 2.45) is 0 Å². The normalized spacial score (nSPS) is 16.8. The van der Waals surface area contributed by atoms with Crippen LogP contribution in [0.3, 0.4) is 0 Å². The summed E-state index contributed by atoms with van der Waals surface area (Å²) in [6.07, 6.45) is 2.77. The Kier molecular flexibility index (Phi) is 2.13. The third kappa shape index (κ3) is 1.50. The van der Waals surface area contributed by atoms with E-state index in [1.165, 1.54) is 12.7 Å². The van der Waals surface area contributed by atoms with E-state index in [9.17, 15) is 4.79 Å². The monoisotopic (exact) mass is 152 g/mol. The first-order valence-electron chi connectivity index (χ1n) is 3.60. The first-order chi connectivity index (χ1) is 5.15. The highest BCUT2D eigenvalue weighted by Crippen LogP contribution is 2.25. The Morgan fingerprint density at radius 2 is 2.18 bits per heavy atom. The molecule has 0 aromatic carbocycles. The molecule has 2 nitrogen and oxygen atoms in total. The average molecular weight is 152 g/mol. The van der Waals surface area contributed by atoms with E-state index in [4.69, 9.17) is 0 Å². The fourth-order valence-corrected chi connectivity index (χ4v) is 1.28. The number of methoxy groups -OCH3 is 1. The van der Waals surface area contributed by atoms with Crippen LogP contribution in [0.25, 0.3) is 0 Å². The smallest absolute Gasteiger partial charge is 0.334 e. The Hall–Kier alpha value is -1.05. The van der Waals surface area contributed by atoms with Crippen LogP contribution in [0, 0.1) is 0 Å². The van der Waals surface area contributed by atoms with Crippen molar-refractivity contribution in [1.29, 1.82) is 0 Å². The molecule has 0 radical (unpaired) electrons. The molecule has 2 heteroatoms. The molecule has 0 heterocycles. The van der Waals surface area contributed by atoms with E-state index < -0.39 is 0 Å². The lowest BCUT2D eigenvalue weighted by molar-refractivity contribution is -0.136. The van der Waals surface area contributed by atoms with Gasteiger partial charge in [-0.1, -0.05) is 11.6 Å². The topological polar surface area (TPSA) is 26.3 Å². The Labute approximate surface area is 66.5 Å². The van der Waals surface area contributed by atoms with Crippen molar-refractivity contribution in [2.75, 3.05) is 7.11 Å². The van der Waals surface area contributed by atoms with Crippen LogP contribution in [0.15, 0.2) is 22.8 Å². The van der Waals surface area contributed by atoms with Gasteiger partial charge in [-0.3, -0.25) is 0 Å². The summed E-state index contributed by atoms with van der Waals surface area (Å²) in [5, 5.41) is 0. The van der Waals surface area contributed by atoms with Gasteiger partial charge in [-0.25, -0.2) is 4.79 Å². The first kappa shape index (κ1) is 8.05. The molecule has 0 N–H and O–H groups in total. The summed E-state index contributed by atoms with van der Waals surface area (Å²) in [5.74, 6) is -0.199. The summed E-state index contributed by atoms with van der Waals surface area (Å²) < 4.78 is 4.62. The van der Waals surface area contributed by atoms with Crippen molar-refractivity contribution in [3.63, 3.8) is 0 Å². The Morgan fingerprint density at radius 1 is 1.55 bits per heavy atom. The first-order valence-corrected chi connectivity index (χ1v) is 3.60. The molecule has 0 saturated heterocycles. The molecule has 0 aromatic rings. The Bertz CT molecular complexity index is 246. The fourth-order valence-electron chi connectivity index (χ4n) is 1.28. The highest BCUT2D eigenvalue weighted by atomic mass is 16.5. The van der Waals surface area contributed by atoms with Gasteiger partial charge in [-0.15, -0.1) is 0 Å². The van der Waals surface area contributed by atoms with Crippen molar-refractivity contribution in [1.82, 2.24) is 0 Å².